The predicted molar refractivity (Wildman–Crippen MR) is 105 cm³/mol. The Bertz CT molecular complexity index is 789. The lowest BCUT2D eigenvalue weighted by atomic mass is 10.2. The van der Waals surface area contributed by atoms with Crippen LogP contribution in [0.3, 0.4) is 0 Å². The molecule has 0 bridgehead atoms. The molecule has 0 aliphatic rings. The third-order valence-electron chi connectivity index (χ3n) is 3.75. The monoisotopic (exact) mass is 391 g/mol. The van der Waals surface area contributed by atoms with E-state index in [1.54, 1.807) is 21.0 Å². The molecular formula is C18H25N5O3S. The third kappa shape index (κ3) is 5.22. The van der Waals surface area contributed by atoms with Crippen LogP contribution in [0.4, 0.5) is 4.79 Å². The number of rotatable bonds is 7. The van der Waals surface area contributed by atoms with E-state index in [1.807, 2.05) is 42.7 Å². The Morgan fingerprint density at radius 3 is 2.41 bits per heavy atom. The van der Waals surface area contributed by atoms with Crippen molar-refractivity contribution in [2.45, 2.75) is 44.1 Å². The van der Waals surface area contributed by atoms with Crippen LogP contribution in [0.15, 0.2) is 29.4 Å². The van der Waals surface area contributed by atoms with Crippen molar-refractivity contribution in [2.75, 3.05) is 13.7 Å². The van der Waals surface area contributed by atoms with Crippen molar-refractivity contribution in [1.29, 1.82) is 0 Å². The lowest BCUT2D eigenvalue weighted by molar-refractivity contribution is -0.119. The van der Waals surface area contributed by atoms with Crippen LogP contribution >= 0.6 is 11.8 Å². The molecule has 1 heterocycles. The summed E-state index contributed by atoms with van der Waals surface area (Å²) >= 11 is 1.26. The summed E-state index contributed by atoms with van der Waals surface area (Å²) in [5.41, 5.74) is 0.906. The average Bonchev–Trinajstić information content (AvgIpc) is 3.05. The topological polar surface area (TPSA) is 98.1 Å². The highest BCUT2D eigenvalue weighted by Gasteiger charge is 2.23. The third-order valence-corrected chi connectivity index (χ3v) is 4.81. The second kappa shape index (κ2) is 9.40. The summed E-state index contributed by atoms with van der Waals surface area (Å²) in [7, 11) is 1.62. The van der Waals surface area contributed by atoms with Crippen molar-refractivity contribution >= 4 is 23.7 Å². The van der Waals surface area contributed by atoms with Gasteiger partial charge in [-0.25, -0.2) is 4.79 Å². The van der Waals surface area contributed by atoms with Crippen LogP contribution in [0.1, 0.15) is 33.7 Å². The van der Waals surface area contributed by atoms with E-state index in [1.165, 1.54) is 11.8 Å². The van der Waals surface area contributed by atoms with Crippen molar-refractivity contribution in [1.82, 2.24) is 25.4 Å². The van der Waals surface area contributed by atoms with E-state index in [2.05, 4.69) is 20.8 Å². The zero-order valence-corrected chi connectivity index (χ0v) is 17.0. The number of imide groups is 1. The van der Waals surface area contributed by atoms with Crippen molar-refractivity contribution in [3.05, 3.63) is 24.3 Å². The number of thioether (sulfide) groups is 1. The van der Waals surface area contributed by atoms with Gasteiger partial charge in [0, 0.05) is 18.2 Å². The summed E-state index contributed by atoms with van der Waals surface area (Å²) in [6.07, 6.45) is 0. The molecule has 0 fully saturated rings. The van der Waals surface area contributed by atoms with E-state index in [-0.39, 0.29) is 11.9 Å². The van der Waals surface area contributed by atoms with Crippen molar-refractivity contribution in [3.63, 3.8) is 0 Å². The fourth-order valence-corrected chi connectivity index (χ4v) is 3.37. The lowest BCUT2D eigenvalue weighted by Gasteiger charge is -2.16. The lowest BCUT2D eigenvalue weighted by Crippen LogP contribution is -2.42. The van der Waals surface area contributed by atoms with Crippen LogP contribution in [0.25, 0.3) is 11.4 Å². The highest BCUT2D eigenvalue weighted by Crippen LogP contribution is 2.30. The molecule has 1 atom stereocenters. The summed E-state index contributed by atoms with van der Waals surface area (Å²) in [4.78, 5) is 23.7. The summed E-state index contributed by atoms with van der Waals surface area (Å²) in [5, 5.41) is 13.5. The molecule has 0 saturated carbocycles. The Morgan fingerprint density at radius 1 is 1.19 bits per heavy atom. The van der Waals surface area contributed by atoms with E-state index in [4.69, 9.17) is 4.74 Å². The summed E-state index contributed by atoms with van der Waals surface area (Å²) in [6.45, 7) is 8.02. The Labute approximate surface area is 163 Å². The molecule has 2 N–H and O–H groups in total. The van der Waals surface area contributed by atoms with Gasteiger partial charge in [0.05, 0.1) is 12.4 Å². The van der Waals surface area contributed by atoms with Gasteiger partial charge in [-0.3, -0.25) is 14.7 Å². The van der Waals surface area contributed by atoms with E-state index in [0.29, 0.717) is 17.5 Å². The van der Waals surface area contributed by atoms with Gasteiger partial charge in [0.1, 0.15) is 5.75 Å². The number of ether oxygens (including phenoxy) is 1. The zero-order chi connectivity index (χ0) is 20.0. The second-order valence-corrected chi connectivity index (χ2v) is 7.42. The molecular weight excluding hydrogens is 366 g/mol. The van der Waals surface area contributed by atoms with Crippen LogP contribution in [-0.2, 0) is 4.79 Å². The first-order valence-corrected chi connectivity index (χ1v) is 9.60. The SMILES string of the molecule is CCNC(=O)NC(=O)C(C)Sc1nnc(-c2ccc(OC)cc2)n1C(C)C. The average molecular weight is 391 g/mol. The van der Waals surface area contributed by atoms with Crippen LogP contribution in [0.5, 0.6) is 5.75 Å². The summed E-state index contributed by atoms with van der Waals surface area (Å²) in [5.74, 6) is 1.10. The maximum Gasteiger partial charge on any atom is 0.321 e. The van der Waals surface area contributed by atoms with Crippen molar-refractivity contribution in [3.8, 4) is 17.1 Å². The van der Waals surface area contributed by atoms with E-state index >= 15 is 0 Å². The molecule has 2 aromatic rings. The van der Waals surface area contributed by atoms with E-state index in [9.17, 15) is 9.59 Å². The minimum atomic E-state index is -0.502. The highest BCUT2D eigenvalue weighted by atomic mass is 32.2. The zero-order valence-electron chi connectivity index (χ0n) is 16.1. The van der Waals surface area contributed by atoms with Crippen LogP contribution in [0.2, 0.25) is 0 Å². The number of amides is 3. The Kier molecular flexibility index (Phi) is 7.23. The Morgan fingerprint density at radius 2 is 1.85 bits per heavy atom. The molecule has 0 saturated heterocycles. The maximum absolute atomic E-state index is 12.2. The molecule has 0 aliphatic heterocycles. The van der Waals surface area contributed by atoms with Gasteiger partial charge in [-0.2, -0.15) is 0 Å². The first kappa shape index (κ1) is 20.8. The number of carbonyl (C=O) groups is 2. The molecule has 8 nitrogen and oxygen atoms in total. The number of hydrogen-bond acceptors (Lipinski definition) is 6. The summed E-state index contributed by atoms with van der Waals surface area (Å²) < 4.78 is 7.17. The molecule has 0 spiro atoms. The van der Waals surface area contributed by atoms with Gasteiger partial charge in [-0.05, 0) is 52.0 Å². The number of nitrogens with one attached hydrogen (secondary N) is 2. The summed E-state index contributed by atoms with van der Waals surface area (Å²) in [6, 6.07) is 7.16. The maximum atomic E-state index is 12.2. The standard InChI is InChI=1S/C18H25N5O3S/c1-6-19-17(25)20-16(24)12(4)27-18-22-21-15(23(18)11(2)3)13-7-9-14(26-5)10-8-13/h7-12H,6H2,1-5H3,(H2,19,20,24,25). The van der Waals surface area contributed by atoms with Crippen molar-refractivity contribution < 1.29 is 14.3 Å². The number of methoxy groups -OCH3 is 1. The minimum absolute atomic E-state index is 0.0956. The van der Waals surface area contributed by atoms with Gasteiger partial charge in [0.2, 0.25) is 5.91 Å². The highest BCUT2D eigenvalue weighted by molar-refractivity contribution is 8.00. The molecule has 0 radical (unpaired) electrons. The van der Waals surface area contributed by atoms with E-state index < -0.39 is 11.3 Å². The number of carbonyl (C=O) groups excluding carboxylic acids is 2. The van der Waals surface area contributed by atoms with Crippen molar-refractivity contribution in [2.24, 2.45) is 0 Å². The molecule has 9 heteroatoms. The van der Waals surface area contributed by atoms with Crippen LogP contribution in [0, 0.1) is 0 Å². The molecule has 3 amide bonds. The fourth-order valence-electron chi connectivity index (χ4n) is 2.39. The Balaban J connectivity index is 2.21. The number of benzene rings is 1. The smallest absolute Gasteiger partial charge is 0.321 e. The fraction of sp³-hybridized carbons (Fsp3) is 0.444. The van der Waals surface area contributed by atoms with Gasteiger partial charge < -0.3 is 10.1 Å². The molecule has 1 aromatic carbocycles. The number of nitrogens with zero attached hydrogens (tertiary/aromatic N) is 3. The van der Waals surface area contributed by atoms with E-state index in [0.717, 1.165) is 11.3 Å². The molecule has 27 heavy (non-hydrogen) atoms. The van der Waals surface area contributed by atoms with Crippen LogP contribution in [-0.4, -0.2) is 45.6 Å². The Hall–Kier alpha value is -2.55. The largest absolute Gasteiger partial charge is 0.497 e. The predicted octanol–water partition coefficient (Wildman–Crippen LogP) is 2.86. The first-order chi connectivity index (χ1) is 12.9. The van der Waals surface area contributed by atoms with Gasteiger partial charge >= 0.3 is 6.03 Å². The second-order valence-electron chi connectivity index (χ2n) is 6.11. The minimum Gasteiger partial charge on any atom is -0.497 e. The molecule has 0 aliphatic carbocycles. The normalized spacial score (nSPS) is 11.9. The number of hydrogen-bond donors (Lipinski definition) is 2. The molecule has 146 valence electrons. The van der Waals surface area contributed by atoms with Gasteiger partial charge in [-0.1, -0.05) is 11.8 Å². The molecule has 1 aromatic heterocycles. The molecule has 1 unspecified atom stereocenters. The number of urea groups is 1. The van der Waals surface area contributed by atoms with Gasteiger partial charge in [0.15, 0.2) is 11.0 Å². The van der Waals surface area contributed by atoms with Gasteiger partial charge in [-0.15, -0.1) is 10.2 Å². The van der Waals surface area contributed by atoms with Crippen LogP contribution < -0.4 is 15.4 Å². The molecule has 2 rings (SSSR count). The first-order valence-electron chi connectivity index (χ1n) is 8.72. The number of aromatic nitrogens is 3. The quantitative estimate of drug-likeness (QED) is 0.704. The van der Waals surface area contributed by atoms with Gasteiger partial charge in [0.25, 0.3) is 0 Å².